The van der Waals surface area contributed by atoms with Gasteiger partial charge in [-0.2, -0.15) is 13.2 Å². The second-order valence-electron chi connectivity index (χ2n) is 7.66. The number of nitrogens with zero attached hydrogens (tertiary/aromatic N) is 2. The van der Waals surface area contributed by atoms with Crippen LogP contribution in [0.5, 0.6) is 0 Å². The monoisotopic (exact) mass is 477 g/mol. The summed E-state index contributed by atoms with van der Waals surface area (Å²) >= 11 is 3.11. The molecule has 1 unspecified atom stereocenters. The summed E-state index contributed by atoms with van der Waals surface area (Å²) in [7, 11) is 0. The van der Waals surface area contributed by atoms with Gasteiger partial charge in [-0.1, -0.05) is 41.6 Å². The van der Waals surface area contributed by atoms with Crippen LogP contribution < -0.4 is 10.6 Å². The highest BCUT2D eigenvalue weighted by Crippen LogP contribution is 2.42. The zero-order valence-electron chi connectivity index (χ0n) is 16.3. The van der Waals surface area contributed by atoms with Crippen LogP contribution in [0.3, 0.4) is 0 Å². The zero-order valence-corrected chi connectivity index (χ0v) is 17.9. The molecule has 0 bridgehead atoms. The number of morpholine rings is 1. The average molecular weight is 478 g/mol. The van der Waals surface area contributed by atoms with Crippen molar-refractivity contribution in [1.29, 1.82) is 0 Å². The first kappa shape index (κ1) is 22.4. The van der Waals surface area contributed by atoms with E-state index in [9.17, 15) is 18.0 Å². The Hall–Kier alpha value is -1.32. The quantitative estimate of drug-likeness (QED) is 0.698. The van der Waals surface area contributed by atoms with Crippen LogP contribution in [-0.2, 0) is 10.9 Å². The molecule has 162 valence electrons. The number of amides is 1. The summed E-state index contributed by atoms with van der Waals surface area (Å²) in [5.41, 5.74) is 5.05. The van der Waals surface area contributed by atoms with E-state index in [1.54, 1.807) is 4.90 Å². The second kappa shape index (κ2) is 9.66. The van der Waals surface area contributed by atoms with Crippen molar-refractivity contribution >= 4 is 27.5 Å². The lowest BCUT2D eigenvalue weighted by Crippen LogP contribution is -2.41. The van der Waals surface area contributed by atoms with Crippen LogP contribution in [-0.4, -0.2) is 56.2 Å². The van der Waals surface area contributed by atoms with Crippen molar-refractivity contribution in [3.63, 3.8) is 0 Å². The number of anilines is 1. The Bertz CT molecular complexity index is 716. The third kappa shape index (κ3) is 5.64. The van der Waals surface area contributed by atoms with E-state index < -0.39 is 17.6 Å². The van der Waals surface area contributed by atoms with E-state index in [1.165, 1.54) is 36.6 Å². The zero-order chi connectivity index (χ0) is 21.0. The van der Waals surface area contributed by atoms with Crippen LogP contribution in [0, 0.1) is 0 Å². The summed E-state index contributed by atoms with van der Waals surface area (Å²) < 4.78 is 46.4. The van der Waals surface area contributed by atoms with Crippen molar-refractivity contribution < 1.29 is 22.7 Å². The molecule has 29 heavy (non-hydrogen) atoms. The van der Waals surface area contributed by atoms with E-state index in [2.05, 4.69) is 15.9 Å². The van der Waals surface area contributed by atoms with Gasteiger partial charge in [-0.3, -0.25) is 4.79 Å². The largest absolute Gasteiger partial charge is 0.418 e. The maximum atomic E-state index is 13.6. The smallest absolute Gasteiger partial charge is 0.378 e. The number of ether oxygens (including phenoxy) is 1. The highest BCUT2D eigenvalue weighted by Gasteiger charge is 2.39. The number of alkyl halides is 3. The fourth-order valence-electron chi connectivity index (χ4n) is 3.50. The Kier molecular flexibility index (Phi) is 7.45. The molecule has 5 nitrogen and oxygen atoms in total. The van der Waals surface area contributed by atoms with E-state index in [1.807, 2.05) is 0 Å². The van der Waals surface area contributed by atoms with Crippen molar-refractivity contribution in [1.82, 2.24) is 4.90 Å². The van der Waals surface area contributed by atoms with Crippen molar-refractivity contribution in [3.8, 4) is 0 Å². The molecule has 0 aromatic heterocycles. The summed E-state index contributed by atoms with van der Waals surface area (Å²) in [6, 6.07) is 2.29. The Balaban J connectivity index is 0.000000536. The standard InChI is InChI=1S/C16H19BrF3N3O2.C4H8/c17-10-7-12(15(24)22-3-5-25-6-4-22)14(13(8-10)16(18,19)20)23-2-1-11(21)9-23;1-2-4-3-1/h7-8,11H,1-6,9,21H2;1-4H2. The fourth-order valence-corrected chi connectivity index (χ4v) is 3.95. The van der Waals surface area contributed by atoms with E-state index in [0.29, 0.717) is 45.8 Å². The Morgan fingerprint density at radius 1 is 1.10 bits per heavy atom. The molecule has 1 aromatic rings. The first-order valence-electron chi connectivity index (χ1n) is 10.1. The molecule has 4 rings (SSSR count). The SMILES string of the molecule is C1CCC1.NC1CCN(c2c(C(=O)N3CCOCC3)cc(Br)cc2C(F)(F)F)C1. The summed E-state index contributed by atoms with van der Waals surface area (Å²) in [6.07, 6.45) is 2.03. The summed E-state index contributed by atoms with van der Waals surface area (Å²) in [5, 5.41) is 0. The minimum atomic E-state index is -4.56. The number of hydrogen-bond acceptors (Lipinski definition) is 4. The molecule has 2 N–H and O–H groups in total. The third-order valence-corrected chi connectivity index (χ3v) is 5.91. The van der Waals surface area contributed by atoms with E-state index in [-0.39, 0.29) is 21.8 Å². The minimum absolute atomic E-state index is 0.0534. The lowest BCUT2D eigenvalue weighted by Gasteiger charge is -2.31. The number of carbonyl (C=O) groups excluding carboxylic acids is 1. The molecule has 2 aliphatic heterocycles. The summed E-state index contributed by atoms with van der Waals surface area (Å²) in [6.45, 7) is 2.20. The number of hydrogen-bond donors (Lipinski definition) is 1. The van der Waals surface area contributed by atoms with Crippen molar-refractivity contribution in [2.75, 3.05) is 44.3 Å². The van der Waals surface area contributed by atoms with Crippen LogP contribution >= 0.6 is 15.9 Å². The molecule has 0 radical (unpaired) electrons. The van der Waals surface area contributed by atoms with Crippen LogP contribution in [0.1, 0.15) is 48.0 Å². The summed E-state index contributed by atoms with van der Waals surface area (Å²) in [5.74, 6) is -0.412. The summed E-state index contributed by atoms with van der Waals surface area (Å²) in [4.78, 5) is 16.0. The number of nitrogens with two attached hydrogens (primary N) is 1. The lowest BCUT2D eigenvalue weighted by molar-refractivity contribution is -0.137. The molecule has 1 saturated carbocycles. The Morgan fingerprint density at radius 2 is 1.72 bits per heavy atom. The third-order valence-electron chi connectivity index (χ3n) is 5.45. The highest BCUT2D eigenvalue weighted by molar-refractivity contribution is 9.10. The van der Waals surface area contributed by atoms with Gasteiger partial charge in [0.05, 0.1) is 30.0 Å². The molecular weight excluding hydrogens is 451 g/mol. The predicted octanol–water partition coefficient (Wildman–Crippen LogP) is 4.04. The van der Waals surface area contributed by atoms with Crippen LogP contribution in [0.4, 0.5) is 18.9 Å². The lowest BCUT2D eigenvalue weighted by atomic mass is 10.0. The van der Waals surface area contributed by atoms with Gasteiger partial charge in [-0.25, -0.2) is 0 Å². The molecule has 9 heteroatoms. The first-order valence-corrected chi connectivity index (χ1v) is 10.8. The number of carbonyl (C=O) groups is 1. The molecule has 2 heterocycles. The first-order chi connectivity index (χ1) is 13.8. The van der Waals surface area contributed by atoms with Gasteiger partial charge in [-0.15, -0.1) is 0 Å². The van der Waals surface area contributed by atoms with Crippen LogP contribution in [0.25, 0.3) is 0 Å². The van der Waals surface area contributed by atoms with Gasteiger partial charge in [0.25, 0.3) is 5.91 Å². The molecule has 1 amide bonds. The fraction of sp³-hybridized carbons (Fsp3) is 0.650. The predicted molar refractivity (Wildman–Crippen MR) is 109 cm³/mol. The topological polar surface area (TPSA) is 58.8 Å². The molecule has 2 saturated heterocycles. The Labute approximate surface area is 177 Å². The van der Waals surface area contributed by atoms with Gasteiger partial charge < -0.3 is 20.3 Å². The molecular formula is C20H27BrF3N3O2. The molecule has 1 atom stereocenters. The minimum Gasteiger partial charge on any atom is -0.378 e. The van der Waals surface area contributed by atoms with E-state index in [0.717, 1.165) is 6.07 Å². The van der Waals surface area contributed by atoms with Crippen molar-refractivity contribution in [2.45, 2.75) is 44.3 Å². The number of halogens is 4. The molecule has 3 fully saturated rings. The van der Waals surface area contributed by atoms with E-state index >= 15 is 0 Å². The van der Waals surface area contributed by atoms with Gasteiger partial charge in [0.1, 0.15) is 0 Å². The van der Waals surface area contributed by atoms with Gasteiger partial charge in [0.15, 0.2) is 0 Å². The van der Waals surface area contributed by atoms with Gasteiger partial charge >= 0.3 is 6.18 Å². The number of rotatable bonds is 2. The normalized spacial score (nSPS) is 22.0. The maximum absolute atomic E-state index is 13.6. The second-order valence-corrected chi connectivity index (χ2v) is 8.58. The molecule has 3 aliphatic rings. The van der Waals surface area contributed by atoms with Gasteiger partial charge in [-0.05, 0) is 18.6 Å². The van der Waals surface area contributed by atoms with E-state index in [4.69, 9.17) is 10.5 Å². The van der Waals surface area contributed by atoms with Gasteiger partial charge in [0.2, 0.25) is 0 Å². The molecule has 1 aromatic carbocycles. The maximum Gasteiger partial charge on any atom is 0.418 e. The van der Waals surface area contributed by atoms with Crippen molar-refractivity contribution in [3.05, 3.63) is 27.7 Å². The Morgan fingerprint density at radius 3 is 2.21 bits per heavy atom. The highest BCUT2D eigenvalue weighted by atomic mass is 79.9. The van der Waals surface area contributed by atoms with Crippen LogP contribution in [0.15, 0.2) is 16.6 Å². The van der Waals surface area contributed by atoms with Crippen LogP contribution in [0.2, 0.25) is 0 Å². The molecule has 0 spiro atoms. The molecule has 1 aliphatic carbocycles. The van der Waals surface area contributed by atoms with Gasteiger partial charge in [0, 0.05) is 36.7 Å². The van der Waals surface area contributed by atoms with Crippen molar-refractivity contribution in [2.24, 2.45) is 5.73 Å². The average Bonchev–Trinajstić information content (AvgIpc) is 3.05. The number of benzene rings is 1.